The molecule has 0 aliphatic rings. The molecule has 4 nitrogen and oxygen atoms in total. The van der Waals surface area contributed by atoms with Crippen LogP contribution >= 0.6 is 11.6 Å². The van der Waals surface area contributed by atoms with Crippen molar-refractivity contribution < 1.29 is 4.39 Å². The molecular formula is C13H16ClFN4. The summed E-state index contributed by atoms with van der Waals surface area (Å²) in [5.41, 5.74) is 4.86. The Morgan fingerprint density at radius 1 is 1.47 bits per heavy atom. The van der Waals surface area contributed by atoms with Gasteiger partial charge >= 0.3 is 0 Å². The fourth-order valence-electron chi connectivity index (χ4n) is 2.15. The number of nitrogens with two attached hydrogens (primary N) is 1. The topological polar surface area (TPSA) is 55.9 Å². The summed E-state index contributed by atoms with van der Waals surface area (Å²) in [6.45, 7) is 2.00. The lowest BCUT2D eigenvalue weighted by Crippen LogP contribution is -2.30. The molecule has 0 bridgehead atoms. The third kappa shape index (κ3) is 2.78. The van der Waals surface area contributed by atoms with Crippen molar-refractivity contribution in [3.05, 3.63) is 52.1 Å². The molecule has 102 valence electrons. The van der Waals surface area contributed by atoms with Gasteiger partial charge in [0.1, 0.15) is 5.82 Å². The number of halogens is 2. The van der Waals surface area contributed by atoms with E-state index in [9.17, 15) is 4.39 Å². The molecule has 1 atom stereocenters. The van der Waals surface area contributed by atoms with Gasteiger partial charge in [-0.05, 0) is 18.6 Å². The second kappa shape index (κ2) is 5.69. The summed E-state index contributed by atoms with van der Waals surface area (Å²) in [4.78, 5) is 0. The maximum absolute atomic E-state index is 14.0. The highest BCUT2D eigenvalue weighted by Crippen LogP contribution is 2.27. The molecule has 3 N–H and O–H groups in total. The van der Waals surface area contributed by atoms with Crippen molar-refractivity contribution in [3.63, 3.8) is 0 Å². The van der Waals surface area contributed by atoms with E-state index in [1.165, 1.54) is 6.07 Å². The van der Waals surface area contributed by atoms with Crippen molar-refractivity contribution in [3.8, 4) is 0 Å². The summed E-state index contributed by atoms with van der Waals surface area (Å²) in [7, 11) is 1.83. The third-order valence-electron chi connectivity index (χ3n) is 3.02. The Bertz CT molecular complexity index is 582. The van der Waals surface area contributed by atoms with E-state index in [-0.39, 0.29) is 5.82 Å². The van der Waals surface area contributed by atoms with E-state index < -0.39 is 6.04 Å². The first-order valence-corrected chi connectivity index (χ1v) is 6.38. The maximum atomic E-state index is 14.0. The van der Waals surface area contributed by atoms with Crippen molar-refractivity contribution in [2.24, 2.45) is 12.9 Å². The number of rotatable bonds is 4. The standard InChI is InChI=1S/C13H16ClFN4/c1-3-12-10(7-19(2)18-12)13(17-16)9-5-4-8(14)6-11(9)15/h4-7,13,17H,3,16H2,1-2H3. The molecule has 0 spiro atoms. The summed E-state index contributed by atoms with van der Waals surface area (Å²) >= 11 is 5.77. The molecule has 0 radical (unpaired) electrons. The fraction of sp³-hybridized carbons (Fsp3) is 0.308. The van der Waals surface area contributed by atoms with Crippen LogP contribution in [0, 0.1) is 5.82 Å². The number of hydrogen-bond donors (Lipinski definition) is 2. The van der Waals surface area contributed by atoms with Crippen molar-refractivity contribution >= 4 is 11.6 Å². The minimum absolute atomic E-state index is 0.360. The predicted molar refractivity (Wildman–Crippen MR) is 73.2 cm³/mol. The molecule has 1 aromatic carbocycles. The van der Waals surface area contributed by atoms with Gasteiger partial charge in [0.15, 0.2) is 0 Å². The number of hydrogen-bond acceptors (Lipinski definition) is 3. The summed E-state index contributed by atoms with van der Waals surface area (Å²) in [6.07, 6.45) is 2.60. The van der Waals surface area contributed by atoms with Crippen molar-refractivity contribution in [2.45, 2.75) is 19.4 Å². The van der Waals surface area contributed by atoms with Crippen LogP contribution in [0.5, 0.6) is 0 Å². The Kier molecular flexibility index (Phi) is 4.19. The zero-order chi connectivity index (χ0) is 14.0. The van der Waals surface area contributed by atoms with E-state index in [0.29, 0.717) is 10.6 Å². The predicted octanol–water partition coefficient (Wildman–Crippen LogP) is 2.33. The molecule has 1 heterocycles. The van der Waals surface area contributed by atoms with Gasteiger partial charge in [-0.15, -0.1) is 0 Å². The highest BCUT2D eigenvalue weighted by atomic mass is 35.5. The molecular weight excluding hydrogens is 267 g/mol. The largest absolute Gasteiger partial charge is 0.275 e. The zero-order valence-corrected chi connectivity index (χ0v) is 11.6. The van der Waals surface area contributed by atoms with Gasteiger partial charge in [-0.2, -0.15) is 5.10 Å². The monoisotopic (exact) mass is 282 g/mol. The molecule has 0 saturated heterocycles. The number of benzene rings is 1. The van der Waals surface area contributed by atoms with Gasteiger partial charge in [-0.1, -0.05) is 24.6 Å². The first-order chi connectivity index (χ1) is 9.06. The highest BCUT2D eigenvalue weighted by Gasteiger charge is 2.21. The molecule has 0 amide bonds. The lowest BCUT2D eigenvalue weighted by molar-refractivity contribution is 0.558. The molecule has 0 saturated carbocycles. The van der Waals surface area contributed by atoms with Crippen LogP contribution in [-0.4, -0.2) is 9.78 Å². The highest BCUT2D eigenvalue weighted by molar-refractivity contribution is 6.30. The lowest BCUT2D eigenvalue weighted by atomic mass is 9.98. The van der Waals surface area contributed by atoms with E-state index in [1.54, 1.807) is 16.8 Å². The van der Waals surface area contributed by atoms with Crippen LogP contribution in [-0.2, 0) is 13.5 Å². The minimum atomic E-state index is -0.444. The molecule has 2 rings (SSSR count). The van der Waals surface area contributed by atoms with E-state index in [0.717, 1.165) is 17.7 Å². The van der Waals surface area contributed by atoms with Gasteiger partial charge in [-0.3, -0.25) is 10.5 Å². The van der Waals surface area contributed by atoms with E-state index in [1.807, 2.05) is 20.2 Å². The first kappa shape index (κ1) is 14.0. The van der Waals surface area contributed by atoms with Crippen molar-refractivity contribution in [1.29, 1.82) is 0 Å². The second-order valence-electron chi connectivity index (χ2n) is 4.32. The Morgan fingerprint density at radius 2 is 2.21 bits per heavy atom. The number of hydrazine groups is 1. The summed E-state index contributed by atoms with van der Waals surface area (Å²) in [6, 6.07) is 4.12. The third-order valence-corrected chi connectivity index (χ3v) is 3.26. The molecule has 2 aromatic rings. The maximum Gasteiger partial charge on any atom is 0.129 e. The average molecular weight is 283 g/mol. The summed E-state index contributed by atoms with van der Waals surface area (Å²) in [5.74, 6) is 5.20. The molecule has 0 aliphatic heterocycles. The Labute approximate surface area is 116 Å². The molecule has 0 aliphatic carbocycles. The quantitative estimate of drug-likeness (QED) is 0.668. The summed E-state index contributed by atoms with van der Waals surface area (Å²) in [5, 5.41) is 4.70. The Balaban J connectivity index is 2.49. The smallest absolute Gasteiger partial charge is 0.129 e. The van der Waals surface area contributed by atoms with Crippen LogP contribution in [0.2, 0.25) is 5.02 Å². The van der Waals surface area contributed by atoms with Gasteiger partial charge < -0.3 is 0 Å². The van der Waals surface area contributed by atoms with Gasteiger partial charge in [0.2, 0.25) is 0 Å². The van der Waals surface area contributed by atoms with Crippen LogP contribution in [0.3, 0.4) is 0 Å². The van der Waals surface area contributed by atoms with Crippen LogP contribution in [0.4, 0.5) is 4.39 Å². The van der Waals surface area contributed by atoms with Gasteiger partial charge in [-0.25, -0.2) is 9.82 Å². The fourth-order valence-corrected chi connectivity index (χ4v) is 2.31. The Hall–Kier alpha value is -1.43. The number of aromatic nitrogens is 2. The Morgan fingerprint density at radius 3 is 2.79 bits per heavy atom. The van der Waals surface area contributed by atoms with Crippen LogP contribution < -0.4 is 11.3 Å². The van der Waals surface area contributed by atoms with Gasteiger partial charge in [0.05, 0.1) is 11.7 Å². The number of aryl methyl sites for hydroxylation is 2. The number of nitrogens with one attached hydrogen (secondary N) is 1. The normalized spacial score (nSPS) is 12.7. The molecule has 6 heteroatoms. The first-order valence-electron chi connectivity index (χ1n) is 6.00. The van der Waals surface area contributed by atoms with E-state index >= 15 is 0 Å². The van der Waals surface area contributed by atoms with E-state index in [4.69, 9.17) is 17.4 Å². The lowest BCUT2D eigenvalue weighted by Gasteiger charge is -2.17. The second-order valence-corrected chi connectivity index (χ2v) is 4.76. The SMILES string of the molecule is CCc1nn(C)cc1C(NN)c1ccc(Cl)cc1F. The van der Waals surface area contributed by atoms with Crippen LogP contribution in [0.25, 0.3) is 0 Å². The van der Waals surface area contributed by atoms with Gasteiger partial charge in [0, 0.05) is 29.4 Å². The van der Waals surface area contributed by atoms with Crippen LogP contribution in [0.15, 0.2) is 24.4 Å². The average Bonchev–Trinajstić information content (AvgIpc) is 2.74. The van der Waals surface area contributed by atoms with Crippen molar-refractivity contribution in [2.75, 3.05) is 0 Å². The number of nitrogens with zero attached hydrogens (tertiary/aromatic N) is 2. The van der Waals surface area contributed by atoms with Gasteiger partial charge in [0.25, 0.3) is 0 Å². The van der Waals surface area contributed by atoms with Crippen molar-refractivity contribution in [1.82, 2.24) is 15.2 Å². The molecule has 0 fully saturated rings. The summed E-state index contributed by atoms with van der Waals surface area (Å²) < 4.78 is 15.7. The zero-order valence-electron chi connectivity index (χ0n) is 10.8. The molecule has 1 unspecified atom stereocenters. The van der Waals surface area contributed by atoms with E-state index in [2.05, 4.69) is 10.5 Å². The molecule has 19 heavy (non-hydrogen) atoms. The minimum Gasteiger partial charge on any atom is -0.275 e. The van der Waals surface area contributed by atoms with Crippen LogP contribution in [0.1, 0.15) is 29.8 Å². The molecule has 1 aromatic heterocycles.